The lowest BCUT2D eigenvalue weighted by Gasteiger charge is -2.02. The van der Waals surface area contributed by atoms with Gasteiger partial charge in [0.25, 0.3) is 0 Å². The number of aromatic amines is 1. The molecule has 1 aromatic heterocycles. The molecular formula is C10H11NO2. The zero-order valence-electron chi connectivity index (χ0n) is 7.63. The largest absolute Gasteiger partial charge is 0.417 e. The Morgan fingerprint density at radius 3 is 2.85 bits per heavy atom. The number of aromatic nitrogens is 1. The van der Waals surface area contributed by atoms with E-state index in [2.05, 4.69) is 18.8 Å². The molecule has 68 valence electrons. The molecule has 0 saturated heterocycles. The van der Waals surface area contributed by atoms with Crippen molar-refractivity contribution in [2.75, 3.05) is 0 Å². The van der Waals surface area contributed by atoms with Crippen LogP contribution in [0.3, 0.4) is 0 Å². The van der Waals surface area contributed by atoms with Gasteiger partial charge in [0.2, 0.25) is 0 Å². The number of hydrogen-bond donors (Lipinski definition) is 1. The Kier molecular flexibility index (Phi) is 1.72. The number of fused-ring (bicyclic) bond motifs is 1. The lowest BCUT2D eigenvalue weighted by atomic mass is 10.0. The summed E-state index contributed by atoms with van der Waals surface area (Å²) < 4.78 is 4.95. The molecule has 0 unspecified atom stereocenters. The van der Waals surface area contributed by atoms with Gasteiger partial charge in [-0.05, 0) is 23.6 Å². The molecule has 0 saturated carbocycles. The van der Waals surface area contributed by atoms with Gasteiger partial charge in [-0.2, -0.15) is 0 Å². The predicted octanol–water partition coefficient (Wildman–Crippen LogP) is 2.24. The van der Waals surface area contributed by atoms with Crippen molar-refractivity contribution in [1.29, 1.82) is 0 Å². The maximum Gasteiger partial charge on any atom is 0.417 e. The van der Waals surface area contributed by atoms with Gasteiger partial charge in [0.15, 0.2) is 5.58 Å². The number of oxazole rings is 1. The van der Waals surface area contributed by atoms with Crippen LogP contribution in [-0.4, -0.2) is 4.98 Å². The highest BCUT2D eigenvalue weighted by molar-refractivity contribution is 5.72. The normalized spacial score (nSPS) is 11.3. The molecule has 3 heteroatoms. The van der Waals surface area contributed by atoms with E-state index >= 15 is 0 Å². The quantitative estimate of drug-likeness (QED) is 0.726. The third-order valence-electron chi connectivity index (χ3n) is 2.11. The van der Waals surface area contributed by atoms with Crippen molar-refractivity contribution in [2.45, 2.75) is 19.8 Å². The first-order chi connectivity index (χ1) is 6.16. The predicted molar refractivity (Wildman–Crippen MR) is 50.9 cm³/mol. The minimum absolute atomic E-state index is 0.393. The molecule has 0 aliphatic heterocycles. The molecule has 0 amide bonds. The second kappa shape index (κ2) is 2.76. The van der Waals surface area contributed by atoms with Crippen LogP contribution in [0.5, 0.6) is 0 Å². The van der Waals surface area contributed by atoms with E-state index in [9.17, 15) is 4.79 Å². The Hall–Kier alpha value is -1.51. The van der Waals surface area contributed by atoms with Crippen molar-refractivity contribution < 1.29 is 4.42 Å². The fraction of sp³-hybridized carbons (Fsp3) is 0.300. The van der Waals surface area contributed by atoms with Crippen molar-refractivity contribution in [3.8, 4) is 0 Å². The van der Waals surface area contributed by atoms with Crippen LogP contribution in [0, 0.1) is 0 Å². The number of rotatable bonds is 1. The molecule has 3 nitrogen and oxygen atoms in total. The molecule has 0 atom stereocenters. The van der Waals surface area contributed by atoms with Crippen molar-refractivity contribution in [3.05, 3.63) is 34.3 Å². The Morgan fingerprint density at radius 2 is 2.15 bits per heavy atom. The van der Waals surface area contributed by atoms with E-state index in [1.807, 2.05) is 18.2 Å². The van der Waals surface area contributed by atoms with E-state index in [0.29, 0.717) is 11.5 Å². The third kappa shape index (κ3) is 1.37. The van der Waals surface area contributed by atoms with Gasteiger partial charge in [0, 0.05) is 0 Å². The van der Waals surface area contributed by atoms with Crippen molar-refractivity contribution in [3.63, 3.8) is 0 Å². The summed E-state index contributed by atoms with van der Waals surface area (Å²) in [6.07, 6.45) is 0. The summed E-state index contributed by atoms with van der Waals surface area (Å²) in [6, 6.07) is 5.77. The zero-order chi connectivity index (χ0) is 9.42. The molecule has 2 aromatic rings. The monoisotopic (exact) mass is 177 g/mol. The molecule has 2 rings (SSSR count). The molecular weight excluding hydrogens is 166 g/mol. The average Bonchev–Trinajstić information content (AvgIpc) is 2.42. The summed E-state index contributed by atoms with van der Waals surface area (Å²) >= 11 is 0. The zero-order valence-corrected chi connectivity index (χ0v) is 7.63. The van der Waals surface area contributed by atoms with Crippen LogP contribution < -0.4 is 5.76 Å². The van der Waals surface area contributed by atoms with E-state index in [4.69, 9.17) is 4.42 Å². The van der Waals surface area contributed by atoms with E-state index in [1.165, 1.54) is 5.56 Å². The molecule has 0 bridgehead atoms. The first-order valence-electron chi connectivity index (χ1n) is 4.29. The van der Waals surface area contributed by atoms with E-state index in [0.717, 1.165) is 5.52 Å². The van der Waals surface area contributed by atoms with Gasteiger partial charge in [0.1, 0.15) is 0 Å². The molecule has 1 aromatic carbocycles. The van der Waals surface area contributed by atoms with Crippen molar-refractivity contribution >= 4 is 11.1 Å². The summed E-state index contributed by atoms with van der Waals surface area (Å²) in [5, 5.41) is 0. The Morgan fingerprint density at radius 1 is 1.38 bits per heavy atom. The fourth-order valence-corrected chi connectivity index (χ4v) is 1.32. The third-order valence-corrected chi connectivity index (χ3v) is 2.11. The minimum Gasteiger partial charge on any atom is -0.408 e. The second-order valence-corrected chi connectivity index (χ2v) is 3.42. The molecule has 0 radical (unpaired) electrons. The lowest BCUT2D eigenvalue weighted by molar-refractivity contribution is 0.555. The highest BCUT2D eigenvalue weighted by Crippen LogP contribution is 2.18. The van der Waals surface area contributed by atoms with Crippen molar-refractivity contribution in [2.24, 2.45) is 0 Å². The molecule has 13 heavy (non-hydrogen) atoms. The van der Waals surface area contributed by atoms with E-state index < -0.39 is 5.76 Å². The average molecular weight is 177 g/mol. The highest BCUT2D eigenvalue weighted by Gasteiger charge is 2.03. The smallest absolute Gasteiger partial charge is 0.408 e. The highest BCUT2D eigenvalue weighted by atomic mass is 16.4. The van der Waals surface area contributed by atoms with Crippen LogP contribution in [0.15, 0.2) is 27.4 Å². The van der Waals surface area contributed by atoms with Gasteiger partial charge >= 0.3 is 5.76 Å². The molecule has 1 heterocycles. The molecule has 0 aliphatic carbocycles. The summed E-state index contributed by atoms with van der Waals surface area (Å²) in [5.41, 5.74) is 2.57. The Labute approximate surface area is 75.4 Å². The first-order valence-corrected chi connectivity index (χ1v) is 4.29. The minimum atomic E-state index is -0.393. The van der Waals surface area contributed by atoms with Crippen LogP contribution in [0.25, 0.3) is 11.1 Å². The maximum absolute atomic E-state index is 10.8. The standard InChI is InChI=1S/C10H11NO2/c1-6(2)7-3-4-8-9(5-7)13-10(12)11-8/h3-6H,1-2H3,(H,11,12). The Balaban J connectivity index is 2.68. The SMILES string of the molecule is CC(C)c1ccc2[nH]c(=O)oc2c1. The van der Waals surface area contributed by atoms with Crippen molar-refractivity contribution in [1.82, 2.24) is 4.98 Å². The summed E-state index contributed by atoms with van der Waals surface area (Å²) in [6.45, 7) is 4.21. The number of H-pyrrole nitrogens is 1. The van der Waals surface area contributed by atoms with Gasteiger partial charge in [0.05, 0.1) is 5.52 Å². The molecule has 1 N–H and O–H groups in total. The topological polar surface area (TPSA) is 46.0 Å². The van der Waals surface area contributed by atoms with Crippen LogP contribution >= 0.6 is 0 Å². The van der Waals surface area contributed by atoms with Gasteiger partial charge < -0.3 is 4.42 Å². The van der Waals surface area contributed by atoms with Gasteiger partial charge in [-0.25, -0.2) is 4.79 Å². The number of nitrogens with one attached hydrogen (secondary N) is 1. The van der Waals surface area contributed by atoms with Gasteiger partial charge in [-0.1, -0.05) is 19.9 Å². The van der Waals surface area contributed by atoms with Crippen LogP contribution in [0.2, 0.25) is 0 Å². The summed E-state index contributed by atoms with van der Waals surface area (Å²) in [5.74, 6) is 0.0560. The van der Waals surface area contributed by atoms with Crippen LogP contribution in [0.4, 0.5) is 0 Å². The summed E-state index contributed by atoms with van der Waals surface area (Å²) in [4.78, 5) is 13.5. The molecule has 0 spiro atoms. The maximum atomic E-state index is 10.8. The summed E-state index contributed by atoms with van der Waals surface area (Å²) in [7, 11) is 0. The number of hydrogen-bond acceptors (Lipinski definition) is 2. The second-order valence-electron chi connectivity index (χ2n) is 3.42. The number of benzene rings is 1. The Bertz CT molecular complexity index is 479. The van der Waals surface area contributed by atoms with Crippen LogP contribution in [-0.2, 0) is 0 Å². The molecule has 0 aliphatic rings. The van der Waals surface area contributed by atoms with E-state index in [-0.39, 0.29) is 0 Å². The van der Waals surface area contributed by atoms with E-state index in [1.54, 1.807) is 0 Å². The van der Waals surface area contributed by atoms with Crippen LogP contribution in [0.1, 0.15) is 25.3 Å². The fourth-order valence-electron chi connectivity index (χ4n) is 1.32. The molecule has 0 fully saturated rings. The van der Waals surface area contributed by atoms with Gasteiger partial charge in [-0.15, -0.1) is 0 Å². The lowest BCUT2D eigenvalue weighted by Crippen LogP contribution is -1.92. The van der Waals surface area contributed by atoms with Gasteiger partial charge in [-0.3, -0.25) is 4.98 Å². The first kappa shape index (κ1) is 8.10.